The van der Waals surface area contributed by atoms with E-state index < -0.39 is 0 Å². The van der Waals surface area contributed by atoms with Crippen molar-refractivity contribution in [2.24, 2.45) is 0 Å². The molecule has 1 aliphatic rings. The summed E-state index contributed by atoms with van der Waals surface area (Å²) in [5.74, 6) is 0.590. The fourth-order valence-corrected chi connectivity index (χ4v) is 2.30. The van der Waals surface area contributed by atoms with Crippen LogP contribution in [-0.4, -0.2) is 30.8 Å². The molecule has 2 aromatic heterocycles. The maximum Gasteiger partial charge on any atom is 0.204 e. The van der Waals surface area contributed by atoms with E-state index in [1.807, 2.05) is 18.2 Å². The number of rotatable bonds is 2. The first kappa shape index (κ1) is 10.2. The lowest BCUT2D eigenvalue weighted by atomic mass is 10.1. The number of aromatic nitrogens is 6. The summed E-state index contributed by atoms with van der Waals surface area (Å²) in [5.41, 5.74) is 4.15. The molecular weight excluding hydrogens is 240 g/mol. The molecule has 3 aromatic rings. The molecule has 1 aliphatic carbocycles. The molecule has 92 valence electrons. The first-order valence-electron chi connectivity index (χ1n) is 6.00. The van der Waals surface area contributed by atoms with E-state index in [1.165, 1.54) is 5.57 Å². The van der Waals surface area contributed by atoms with Gasteiger partial charge in [-0.25, -0.2) is 0 Å². The van der Waals surface area contributed by atoms with Crippen LogP contribution >= 0.6 is 0 Å². The van der Waals surface area contributed by atoms with Gasteiger partial charge in [0.05, 0.1) is 11.2 Å². The smallest absolute Gasteiger partial charge is 0.204 e. The van der Waals surface area contributed by atoms with Gasteiger partial charge in [-0.2, -0.15) is 10.3 Å². The number of H-pyrrole nitrogens is 2. The summed E-state index contributed by atoms with van der Waals surface area (Å²) in [7, 11) is 0. The molecule has 6 nitrogen and oxygen atoms in total. The van der Waals surface area contributed by atoms with Crippen molar-refractivity contribution in [1.82, 2.24) is 30.8 Å². The molecular formula is C13H10N6. The van der Waals surface area contributed by atoms with Gasteiger partial charge in [0, 0.05) is 10.9 Å². The Morgan fingerprint density at radius 2 is 2.16 bits per heavy atom. The van der Waals surface area contributed by atoms with Gasteiger partial charge in [0.1, 0.15) is 0 Å². The molecule has 0 spiro atoms. The average Bonchev–Trinajstić information content (AvgIpc) is 3.18. The molecule has 0 fully saturated rings. The summed E-state index contributed by atoms with van der Waals surface area (Å²) < 4.78 is 0. The van der Waals surface area contributed by atoms with Gasteiger partial charge in [-0.1, -0.05) is 18.2 Å². The highest BCUT2D eigenvalue weighted by Crippen LogP contribution is 2.30. The lowest BCUT2D eigenvalue weighted by Crippen LogP contribution is -1.84. The minimum atomic E-state index is 0.590. The zero-order valence-corrected chi connectivity index (χ0v) is 9.96. The van der Waals surface area contributed by atoms with Gasteiger partial charge >= 0.3 is 0 Å². The van der Waals surface area contributed by atoms with E-state index in [1.54, 1.807) is 0 Å². The van der Waals surface area contributed by atoms with Crippen molar-refractivity contribution in [1.29, 1.82) is 0 Å². The summed E-state index contributed by atoms with van der Waals surface area (Å²) in [6.07, 6.45) is 7.20. The van der Waals surface area contributed by atoms with Gasteiger partial charge in [-0.15, -0.1) is 10.2 Å². The fraction of sp³-hybridized carbons (Fsp3) is 0.0769. The van der Waals surface area contributed by atoms with E-state index in [0.717, 1.165) is 28.6 Å². The lowest BCUT2D eigenvalue weighted by molar-refractivity contribution is 0.881. The molecule has 0 bridgehead atoms. The molecule has 2 heterocycles. The van der Waals surface area contributed by atoms with Gasteiger partial charge in [0.2, 0.25) is 5.82 Å². The standard InChI is InChI=1S/C13H10N6/c1-2-4-8(3-1)12-10-7-9(13-16-18-19-17-13)5-6-11(10)14-15-12/h1-3,5-7H,4H2,(H,14,15)(H,16,17,18,19). The maximum atomic E-state index is 4.40. The fourth-order valence-electron chi connectivity index (χ4n) is 2.30. The molecule has 6 heteroatoms. The third kappa shape index (κ3) is 1.57. The number of benzene rings is 1. The van der Waals surface area contributed by atoms with Gasteiger partial charge in [0.15, 0.2) is 0 Å². The second-order valence-corrected chi connectivity index (χ2v) is 4.39. The van der Waals surface area contributed by atoms with Crippen LogP contribution in [-0.2, 0) is 0 Å². The number of fused-ring (bicyclic) bond motifs is 1. The molecule has 1 aromatic carbocycles. The van der Waals surface area contributed by atoms with E-state index in [0.29, 0.717) is 5.82 Å². The first-order valence-corrected chi connectivity index (χ1v) is 6.00. The predicted octanol–water partition coefficient (Wildman–Crippen LogP) is 2.09. The van der Waals surface area contributed by atoms with Gasteiger partial charge in [-0.3, -0.25) is 5.10 Å². The van der Waals surface area contributed by atoms with Crippen molar-refractivity contribution >= 4 is 16.5 Å². The SMILES string of the molecule is C1=CCC(c2n[nH]c3ccc(-c4nn[nH]n4)cc23)=C1. The molecule has 0 aliphatic heterocycles. The normalized spacial score (nSPS) is 14.2. The number of hydrogen-bond acceptors (Lipinski definition) is 4. The van der Waals surface area contributed by atoms with Crippen LogP contribution in [0.1, 0.15) is 12.1 Å². The molecule has 0 radical (unpaired) electrons. The molecule has 0 amide bonds. The van der Waals surface area contributed by atoms with Crippen LogP contribution in [0.5, 0.6) is 0 Å². The Kier molecular flexibility index (Phi) is 2.08. The number of allylic oxidation sites excluding steroid dienone is 4. The quantitative estimate of drug-likeness (QED) is 0.729. The third-order valence-corrected chi connectivity index (χ3v) is 3.24. The minimum absolute atomic E-state index is 0.590. The van der Waals surface area contributed by atoms with Crippen LogP contribution < -0.4 is 0 Å². The molecule has 0 saturated carbocycles. The molecule has 2 N–H and O–H groups in total. The second kappa shape index (κ2) is 3.88. The summed E-state index contributed by atoms with van der Waals surface area (Å²) >= 11 is 0. The zero-order valence-electron chi connectivity index (χ0n) is 9.96. The summed E-state index contributed by atoms with van der Waals surface area (Å²) in [6, 6.07) is 5.98. The number of hydrogen-bond donors (Lipinski definition) is 2. The highest BCUT2D eigenvalue weighted by molar-refractivity contribution is 5.93. The van der Waals surface area contributed by atoms with Crippen LogP contribution in [0.25, 0.3) is 27.9 Å². The zero-order chi connectivity index (χ0) is 12.7. The van der Waals surface area contributed by atoms with Crippen molar-refractivity contribution < 1.29 is 0 Å². The average molecular weight is 250 g/mol. The highest BCUT2D eigenvalue weighted by atomic mass is 15.5. The Hall–Kier alpha value is -2.76. The van der Waals surface area contributed by atoms with Crippen LogP contribution in [0.15, 0.2) is 36.4 Å². The highest BCUT2D eigenvalue weighted by Gasteiger charge is 2.13. The molecule has 0 unspecified atom stereocenters. The summed E-state index contributed by atoms with van der Waals surface area (Å²) in [4.78, 5) is 0. The van der Waals surface area contributed by atoms with Crippen molar-refractivity contribution in [2.45, 2.75) is 6.42 Å². The van der Waals surface area contributed by atoms with Crippen LogP contribution in [0, 0.1) is 0 Å². The maximum absolute atomic E-state index is 4.40. The number of nitrogens with one attached hydrogen (secondary N) is 2. The van der Waals surface area contributed by atoms with Crippen molar-refractivity contribution in [3.8, 4) is 11.4 Å². The van der Waals surface area contributed by atoms with E-state index in [9.17, 15) is 0 Å². The van der Waals surface area contributed by atoms with Crippen molar-refractivity contribution in [2.75, 3.05) is 0 Å². The minimum Gasteiger partial charge on any atom is -0.277 e. The number of tetrazole rings is 1. The second-order valence-electron chi connectivity index (χ2n) is 4.39. The Morgan fingerprint density at radius 1 is 1.16 bits per heavy atom. The number of nitrogens with zero attached hydrogens (tertiary/aromatic N) is 4. The van der Waals surface area contributed by atoms with E-state index in [4.69, 9.17) is 0 Å². The lowest BCUT2D eigenvalue weighted by Gasteiger charge is -1.99. The van der Waals surface area contributed by atoms with Gasteiger partial charge in [-0.05, 0) is 35.4 Å². The monoisotopic (exact) mass is 250 g/mol. The summed E-state index contributed by atoms with van der Waals surface area (Å²) in [6.45, 7) is 0. The van der Waals surface area contributed by atoms with Gasteiger partial charge < -0.3 is 0 Å². The largest absolute Gasteiger partial charge is 0.277 e. The molecule has 19 heavy (non-hydrogen) atoms. The van der Waals surface area contributed by atoms with Crippen LogP contribution in [0.3, 0.4) is 0 Å². The topological polar surface area (TPSA) is 83.1 Å². The Labute approximate surface area is 108 Å². The van der Waals surface area contributed by atoms with Crippen molar-refractivity contribution in [3.05, 3.63) is 42.1 Å². The van der Waals surface area contributed by atoms with Gasteiger partial charge in [0.25, 0.3) is 0 Å². The third-order valence-electron chi connectivity index (χ3n) is 3.24. The Balaban J connectivity index is 1.90. The van der Waals surface area contributed by atoms with Crippen LogP contribution in [0.4, 0.5) is 0 Å². The van der Waals surface area contributed by atoms with E-state index >= 15 is 0 Å². The Morgan fingerprint density at radius 3 is 2.95 bits per heavy atom. The van der Waals surface area contributed by atoms with Crippen molar-refractivity contribution in [3.63, 3.8) is 0 Å². The van der Waals surface area contributed by atoms with E-state index in [2.05, 4.69) is 49.0 Å². The molecule has 0 saturated heterocycles. The first-order chi connectivity index (χ1) is 9.42. The van der Waals surface area contributed by atoms with E-state index in [-0.39, 0.29) is 0 Å². The summed E-state index contributed by atoms with van der Waals surface area (Å²) in [5, 5.41) is 22.6. The Bertz CT molecular complexity index is 794. The molecule has 4 rings (SSSR count). The predicted molar refractivity (Wildman–Crippen MR) is 71.0 cm³/mol. The van der Waals surface area contributed by atoms with Crippen LogP contribution in [0.2, 0.25) is 0 Å². The molecule has 0 atom stereocenters. The number of aromatic amines is 2.